The minimum absolute atomic E-state index is 0.242. The third kappa shape index (κ3) is 2.61. The first kappa shape index (κ1) is 14.6. The van der Waals surface area contributed by atoms with E-state index in [4.69, 9.17) is 11.6 Å². The number of fused-ring (bicyclic) bond motifs is 3. The van der Waals surface area contributed by atoms with Crippen LogP contribution in [-0.2, 0) is 19.5 Å². The first-order chi connectivity index (χ1) is 11.1. The van der Waals surface area contributed by atoms with E-state index in [2.05, 4.69) is 4.98 Å². The normalized spacial score (nSPS) is 15.1. The second-order valence-electron chi connectivity index (χ2n) is 5.81. The molecule has 1 aliphatic rings. The molecule has 0 spiro atoms. The third-order valence-corrected chi connectivity index (χ3v) is 4.57. The summed E-state index contributed by atoms with van der Waals surface area (Å²) in [5, 5.41) is 12.6. The molecule has 23 heavy (non-hydrogen) atoms. The van der Waals surface area contributed by atoms with E-state index in [9.17, 15) is 9.60 Å². The summed E-state index contributed by atoms with van der Waals surface area (Å²) in [6.45, 7) is 1.61. The van der Waals surface area contributed by atoms with E-state index in [1.807, 2.05) is 10.8 Å². The van der Waals surface area contributed by atoms with Gasteiger partial charge < -0.3 is 9.77 Å². The number of aromatic nitrogens is 2. The van der Waals surface area contributed by atoms with Crippen molar-refractivity contribution in [1.29, 1.82) is 0 Å². The van der Waals surface area contributed by atoms with Gasteiger partial charge in [0.05, 0.1) is 29.0 Å². The van der Waals surface area contributed by atoms with Crippen molar-refractivity contribution in [2.75, 3.05) is 6.54 Å². The molecule has 2 aromatic heterocycles. The Morgan fingerprint density at radius 1 is 1.26 bits per heavy atom. The fraction of sp³-hybridized carbons (Fsp3) is 0.235. The van der Waals surface area contributed by atoms with Gasteiger partial charge in [-0.05, 0) is 29.7 Å². The van der Waals surface area contributed by atoms with Gasteiger partial charge in [-0.2, -0.15) is 5.06 Å². The third-order valence-electron chi connectivity index (χ3n) is 4.28. The zero-order valence-electron chi connectivity index (χ0n) is 12.3. The summed E-state index contributed by atoms with van der Waals surface area (Å²) in [7, 11) is 0. The number of hydrogen-bond acceptors (Lipinski definition) is 3. The average molecular weight is 332 g/mol. The summed E-state index contributed by atoms with van der Waals surface area (Å²) in [5.74, 6) is -0.242. The largest absolute Gasteiger partial charge is 0.340 e. The van der Waals surface area contributed by atoms with Gasteiger partial charge >= 0.3 is 0 Å². The molecule has 1 N–H and O–H groups in total. The van der Waals surface area contributed by atoms with Crippen LogP contribution in [0.5, 0.6) is 0 Å². The average Bonchev–Trinajstić information content (AvgIpc) is 2.85. The van der Waals surface area contributed by atoms with Crippen molar-refractivity contribution >= 4 is 22.5 Å². The summed E-state index contributed by atoms with van der Waals surface area (Å²) in [5.41, 5.74) is 3.94. The van der Waals surface area contributed by atoms with Crippen LogP contribution >= 0.6 is 11.6 Å². The monoisotopic (exact) mass is 331 g/mol. The Kier molecular flexibility index (Phi) is 3.56. The van der Waals surface area contributed by atoms with Crippen LogP contribution in [0.4, 0.5) is 4.39 Å². The Morgan fingerprint density at radius 2 is 2.04 bits per heavy atom. The zero-order valence-corrected chi connectivity index (χ0v) is 13.1. The van der Waals surface area contributed by atoms with E-state index in [0.29, 0.717) is 24.7 Å². The molecule has 3 heterocycles. The fourth-order valence-electron chi connectivity index (χ4n) is 3.15. The smallest absolute Gasteiger partial charge is 0.123 e. The quantitative estimate of drug-likeness (QED) is 0.779. The summed E-state index contributed by atoms with van der Waals surface area (Å²) in [4.78, 5) is 4.49. The molecule has 0 aliphatic carbocycles. The van der Waals surface area contributed by atoms with Gasteiger partial charge in [0.1, 0.15) is 5.82 Å². The van der Waals surface area contributed by atoms with Gasteiger partial charge in [0.2, 0.25) is 0 Å². The van der Waals surface area contributed by atoms with Crippen molar-refractivity contribution in [3.63, 3.8) is 0 Å². The summed E-state index contributed by atoms with van der Waals surface area (Å²) < 4.78 is 15.1. The number of hydroxylamine groups is 2. The zero-order chi connectivity index (χ0) is 16.0. The van der Waals surface area contributed by atoms with Crippen molar-refractivity contribution < 1.29 is 9.60 Å². The molecule has 4 rings (SSSR count). The highest BCUT2D eigenvalue weighted by molar-refractivity contribution is 6.36. The lowest BCUT2D eigenvalue weighted by Crippen LogP contribution is -2.28. The lowest BCUT2D eigenvalue weighted by molar-refractivity contribution is -0.104. The molecule has 0 amide bonds. The van der Waals surface area contributed by atoms with Gasteiger partial charge in [0.15, 0.2) is 0 Å². The molecule has 118 valence electrons. The Labute approximate surface area is 137 Å². The fourth-order valence-corrected chi connectivity index (χ4v) is 3.48. The molecule has 0 bridgehead atoms. The van der Waals surface area contributed by atoms with Gasteiger partial charge in [-0.3, -0.25) is 4.98 Å². The van der Waals surface area contributed by atoms with Crippen LogP contribution in [0.2, 0.25) is 5.02 Å². The van der Waals surface area contributed by atoms with Gasteiger partial charge in [-0.15, -0.1) is 0 Å². The SMILES string of the molecule is ON1CCc2c(ncc3c2c(Cl)cn3Cc2ccc(F)cc2)C1. The Morgan fingerprint density at radius 3 is 2.83 bits per heavy atom. The van der Waals surface area contributed by atoms with Crippen LogP contribution in [0.1, 0.15) is 16.8 Å². The number of rotatable bonds is 2. The molecule has 3 aromatic rings. The second kappa shape index (κ2) is 5.60. The van der Waals surface area contributed by atoms with Crippen LogP contribution < -0.4 is 0 Å². The van der Waals surface area contributed by atoms with E-state index < -0.39 is 0 Å². The Hall–Kier alpha value is -1.95. The highest BCUT2D eigenvalue weighted by atomic mass is 35.5. The second-order valence-corrected chi connectivity index (χ2v) is 6.22. The van der Waals surface area contributed by atoms with E-state index in [-0.39, 0.29) is 5.82 Å². The number of hydrogen-bond donors (Lipinski definition) is 1. The minimum atomic E-state index is -0.242. The van der Waals surface area contributed by atoms with Crippen LogP contribution in [0.25, 0.3) is 10.9 Å². The van der Waals surface area contributed by atoms with Crippen molar-refractivity contribution in [3.8, 4) is 0 Å². The molecule has 0 saturated carbocycles. The topological polar surface area (TPSA) is 41.3 Å². The molecular formula is C17H15ClFN3O. The molecule has 6 heteroatoms. The number of nitrogens with zero attached hydrogens (tertiary/aromatic N) is 3. The predicted molar refractivity (Wildman–Crippen MR) is 86.1 cm³/mol. The van der Waals surface area contributed by atoms with Crippen LogP contribution in [0.3, 0.4) is 0 Å². The van der Waals surface area contributed by atoms with Crippen LogP contribution in [-0.4, -0.2) is 26.4 Å². The summed E-state index contributed by atoms with van der Waals surface area (Å²) in [6, 6.07) is 6.45. The molecule has 0 atom stereocenters. The number of benzene rings is 1. The molecule has 0 unspecified atom stereocenters. The maximum absolute atomic E-state index is 13.0. The highest BCUT2D eigenvalue weighted by Gasteiger charge is 2.21. The lowest BCUT2D eigenvalue weighted by atomic mass is 10.0. The van der Waals surface area contributed by atoms with Crippen molar-refractivity contribution in [2.45, 2.75) is 19.5 Å². The maximum atomic E-state index is 13.0. The summed E-state index contributed by atoms with van der Waals surface area (Å²) >= 11 is 6.46. The van der Waals surface area contributed by atoms with Crippen LogP contribution in [0, 0.1) is 5.82 Å². The van der Waals surface area contributed by atoms with E-state index in [1.165, 1.54) is 17.2 Å². The first-order valence-electron chi connectivity index (χ1n) is 7.45. The van der Waals surface area contributed by atoms with Gasteiger partial charge in [-0.1, -0.05) is 23.7 Å². The first-order valence-corrected chi connectivity index (χ1v) is 7.83. The van der Waals surface area contributed by atoms with Gasteiger partial charge in [0.25, 0.3) is 0 Å². The van der Waals surface area contributed by atoms with Gasteiger partial charge in [0, 0.05) is 24.7 Å². The van der Waals surface area contributed by atoms with Crippen molar-refractivity contribution in [3.05, 3.63) is 64.3 Å². The summed E-state index contributed by atoms with van der Waals surface area (Å²) in [6.07, 6.45) is 4.40. The Balaban J connectivity index is 1.78. The standard InChI is InChI=1S/C17H15ClFN3O/c18-14-9-21(8-11-1-3-12(19)4-2-11)16-7-20-15-10-22(23)6-5-13(15)17(14)16/h1-4,7,9,23H,5-6,8,10H2. The van der Waals surface area contributed by atoms with E-state index in [0.717, 1.165) is 34.1 Å². The van der Waals surface area contributed by atoms with Crippen molar-refractivity contribution in [1.82, 2.24) is 14.6 Å². The number of halogens is 2. The molecule has 1 aromatic carbocycles. The maximum Gasteiger partial charge on any atom is 0.123 e. The molecule has 0 saturated heterocycles. The lowest BCUT2D eigenvalue weighted by Gasteiger charge is -2.23. The van der Waals surface area contributed by atoms with Gasteiger partial charge in [-0.25, -0.2) is 4.39 Å². The molecular weight excluding hydrogens is 317 g/mol. The predicted octanol–water partition coefficient (Wildman–Crippen LogP) is 3.62. The van der Waals surface area contributed by atoms with Crippen molar-refractivity contribution in [2.24, 2.45) is 0 Å². The minimum Gasteiger partial charge on any atom is -0.340 e. The van der Waals surface area contributed by atoms with E-state index in [1.54, 1.807) is 18.3 Å². The molecule has 0 radical (unpaired) electrons. The Bertz CT molecular complexity index is 876. The highest BCUT2D eigenvalue weighted by Crippen LogP contribution is 2.33. The van der Waals surface area contributed by atoms with E-state index >= 15 is 0 Å². The molecule has 4 nitrogen and oxygen atoms in total. The number of pyridine rings is 1. The molecule has 1 aliphatic heterocycles. The molecule has 0 fully saturated rings. The van der Waals surface area contributed by atoms with Crippen LogP contribution in [0.15, 0.2) is 36.7 Å².